The second-order valence-electron chi connectivity index (χ2n) is 4.93. The fourth-order valence-corrected chi connectivity index (χ4v) is 2.96. The van der Waals surface area contributed by atoms with Gasteiger partial charge in [-0.05, 0) is 30.7 Å². The topological polar surface area (TPSA) is 49.4 Å². The first-order valence-corrected chi connectivity index (χ1v) is 7.76. The normalized spacial score (nSPS) is 19.2. The van der Waals surface area contributed by atoms with E-state index in [1.807, 2.05) is 28.7 Å². The van der Waals surface area contributed by atoms with Gasteiger partial charge in [-0.25, -0.2) is 0 Å². The van der Waals surface area contributed by atoms with Gasteiger partial charge < -0.3 is 10.2 Å². The van der Waals surface area contributed by atoms with E-state index in [1.165, 1.54) is 0 Å². The van der Waals surface area contributed by atoms with Gasteiger partial charge in [-0.1, -0.05) is 6.92 Å². The van der Waals surface area contributed by atoms with Gasteiger partial charge in [-0.15, -0.1) is 0 Å². The fourth-order valence-electron chi connectivity index (χ4n) is 2.37. The third-order valence-corrected chi connectivity index (χ3v) is 4.08. The molecule has 0 unspecified atom stereocenters. The SMILES string of the molecule is CCCC(=O)N1CCC[C@H](C(=O)Nc2ccsc2)C1. The Morgan fingerprint density at radius 3 is 3.05 bits per heavy atom. The second-order valence-corrected chi connectivity index (χ2v) is 5.71. The number of piperidine rings is 1. The molecule has 1 aromatic heterocycles. The van der Waals surface area contributed by atoms with Crippen LogP contribution in [0.5, 0.6) is 0 Å². The molecule has 1 aliphatic rings. The number of amides is 2. The molecule has 0 aliphatic carbocycles. The quantitative estimate of drug-likeness (QED) is 0.922. The smallest absolute Gasteiger partial charge is 0.229 e. The van der Waals surface area contributed by atoms with Gasteiger partial charge in [0.1, 0.15) is 0 Å². The molecule has 5 heteroatoms. The van der Waals surface area contributed by atoms with Crippen LogP contribution in [0.15, 0.2) is 16.8 Å². The Morgan fingerprint density at radius 1 is 1.53 bits per heavy atom. The third kappa shape index (κ3) is 3.80. The molecule has 0 aromatic carbocycles. The predicted molar refractivity (Wildman–Crippen MR) is 77.2 cm³/mol. The van der Waals surface area contributed by atoms with Crippen LogP contribution in [0.1, 0.15) is 32.6 Å². The molecule has 1 N–H and O–H groups in total. The Hall–Kier alpha value is -1.36. The summed E-state index contributed by atoms with van der Waals surface area (Å²) in [6.45, 7) is 3.36. The lowest BCUT2D eigenvalue weighted by Gasteiger charge is -2.32. The van der Waals surface area contributed by atoms with Crippen molar-refractivity contribution in [1.29, 1.82) is 0 Å². The summed E-state index contributed by atoms with van der Waals surface area (Å²) in [6, 6.07) is 1.89. The van der Waals surface area contributed by atoms with E-state index in [4.69, 9.17) is 0 Å². The molecule has 1 atom stereocenters. The van der Waals surface area contributed by atoms with E-state index >= 15 is 0 Å². The van der Waals surface area contributed by atoms with Crippen LogP contribution in [0.25, 0.3) is 0 Å². The number of hydrogen-bond donors (Lipinski definition) is 1. The first-order valence-electron chi connectivity index (χ1n) is 6.81. The zero-order valence-electron chi connectivity index (χ0n) is 11.2. The second kappa shape index (κ2) is 6.70. The van der Waals surface area contributed by atoms with E-state index in [9.17, 15) is 9.59 Å². The Bertz CT molecular complexity index is 431. The zero-order chi connectivity index (χ0) is 13.7. The molecule has 1 saturated heterocycles. The van der Waals surface area contributed by atoms with Crippen molar-refractivity contribution in [3.63, 3.8) is 0 Å². The van der Waals surface area contributed by atoms with E-state index in [0.29, 0.717) is 13.0 Å². The zero-order valence-corrected chi connectivity index (χ0v) is 12.0. The van der Waals surface area contributed by atoms with Crippen molar-refractivity contribution in [3.05, 3.63) is 16.8 Å². The Labute approximate surface area is 117 Å². The number of nitrogens with one attached hydrogen (secondary N) is 1. The number of carbonyl (C=O) groups excluding carboxylic acids is 2. The fraction of sp³-hybridized carbons (Fsp3) is 0.571. The van der Waals surface area contributed by atoms with Crippen LogP contribution < -0.4 is 5.32 Å². The van der Waals surface area contributed by atoms with Crippen molar-refractivity contribution in [1.82, 2.24) is 4.90 Å². The predicted octanol–water partition coefficient (Wildman–Crippen LogP) is 2.73. The lowest BCUT2D eigenvalue weighted by molar-refractivity contribution is -0.134. The van der Waals surface area contributed by atoms with E-state index in [0.717, 1.165) is 31.5 Å². The van der Waals surface area contributed by atoms with E-state index < -0.39 is 0 Å². The summed E-state index contributed by atoms with van der Waals surface area (Å²) in [7, 11) is 0. The summed E-state index contributed by atoms with van der Waals surface area (Å²) in [6.07, 6.45) is 3.23. The van der Waals surface area contributed by atoms with Gasteiger partial charge >= 0.3 is 0 Å². The van der Waals surface area contributed by atoms with Crippen molar-refractivity contribution in [2.75, 3.05) is 18.4 Å². The Morgan fingerprint density at radius 2 is 2.37 bits per heavy atom. The molecule has 2 heterocycles. The maximum Gasteiger partial charge on any atom is 0.229 e. The van der Waals surface area contributed by atoms with Crippen LogP contribution in [0.4, 0.5) is 5.69 Å². The van der Waals surface area contributed by atoms with Crippen molar-refractivity contribution in [2.24, 2.45) is 5.92 Å². The van der Waals surface area contributed by atoms with E-state index in [-0.39, 0.29) is 17.7 Å². The van der Waals surface area contributed by atoms with Gasteiger partial charge in [0.05, 0.1) is 11.6 Å². The number of anilines is 1. The van der Waals surface area contributed by atoms with Crippen molar-refractivity contribution >= 4 is 28.8 Å². The molecule has 1 aromatic rings. The maximum atomic E-state index is 12.1. The first-order chi connectivity index (χ1) is 9.20. The highest BCUT2D eigenvalue weighted by Crippen LogP contribution is 2.20. The standard InChI is InChI=1S/C14H20N2O2S/c1-2-4-13(17)16-7-3-5-11(9-16)14(18)15-12-6-8-19-10-12/h6,8,10-11H,2-5,7,9H2,1H3,(H,15,18)/t11-/m0/s1. The van der Waals surface area contributed by atoms with Crippen LogP contribution in [0.3, 0.4) is 0 Å². The average Bonchev–Trinajstić information content (AvgIpc) is 2.92. The summed E-state index contributed by atoms with van der Waals surface area (Å²) >= 11 is 1.56. The summed E-state index contributed by atoms with van der Waals surface area (Å²) in [5.41, 5.74) is 0.854. The molecule has 0 spiro atoms. The molecule has 0 radical (unpaired) electrons. The number of hydrogen-bond acceptors (Lipinski definition) is 3. The molecule has 4 nitrogen and oxygen atoms in total. The Kier molecular flexibility index (Phi) is 4.96. The molecular weight excluding hydrogens is 260 g/mol. The number of rotatable bonds is 4. The number of likely N-dealkylation sites (tertiary alicyclic amines) is 1. The van der Waals surface area contributed by atoms with Gasteiger partial charge in [-0.3, -0.25) is 9.59 Å². The largest absolute Gasteiger partial charge is 0.342 e. The van der Waals surface area contributed by atoms with Gasteiger partial charge in [0, 0.05) is 24.9 Å². The lowest BCUT2D eigenvalue weighted by Crippen LogP contribution is -2.43. The summed E-state index contributed by atoms with van der Waals surface area (Å²) in [5, 5.41) is 6.77. The molecule has 2 amide bonds. The molecule has 2 rings (SSSR count). The monoisotopic (exact) mass is 280 g/mol. The third-order valence-electron chi connectivity index (χ3n) is 3.40. The minimum Gasteiger partial charge on any atom is -0.342 e. The van der Waals surface area contributed by atoms with Crippen LogP contribution in [0, 0.1) is 5.92 Å². The molecule has 104 valence electrons. The van der Waals surface area contributed by atoms with Gasteiger partial charge in [-0.2, -0.15) is 11.3 Å². The van der Waals surface area contributed by atoms with Crippen molar-refractivity contribution < 1.29 is 9.59 Å². The van der Waals surface area contributed by atoms with Gasteiger partial charge in [0.2, 0.25) is 11.8 Å². The van der Waals surface area contributed by atoms with Crippen LogP contribution in [-0.2, 0) is 9.59 Å². The first kappa shape index (κ1) is 14.1. The molecule has 1 aliphatic heterocycles. The lowest BCUT2D eigenvalue weighted by atomic mass is 9.96. The summed E-state index contributed by atoms with van der Waals surface area (Å²) in [5.74, 6) is 0.136. The highest BCUT2D eigenvalue weighted by molar-refractivity contribution is 7.08. The number of nitrogens with zero attached hydrogens (tertiary/aromatic N) is 1. The van der Waals surface area contributed by atoms with Crippen LogP contribution in [-0.4, -0.2) is 29.8 Å². The highest BCUT2D eigenvalue weighted by atomic mass is 32.1. The molecule has 1 fully saturated rings. The molecular formula is C14H20N2O2S. The average molecular weight is 280 g/mol. The van der Waals surface area contributed by atoms with E-state index in [1.54, 1.807) is 11.3 Å². The van der Waals surface area contributed by atoms with Gasteiger partial charge in [0.25, 0.3) is 0 Å². The number of thiophene rings is 1. The number of carbonyl (C=O) groups is 2. The van der Waals surface area contributed by atoms with Gasteiger partial charge in [0.15, 0.2) is 0 Å². The molecule has 19 heavy (non-hydrogen) atoms. The van der Waals surface area contributed by atoms with Crippen molar-refractivity contribution in [3.8, 4) is 0 Å². The minimum atomic E-state index is -0.0746. The maximum absolute atomic E-state index is 12.1. The van der Waals surface area contributed by atoms with Crippen molar-refractivity contribution in [2.45, 2.75) is 32.6 Å². The molecule has 0 saturated carbocycles. The Balaban J connectivity index is 1.89. The minimum absolute atomic E-state index is 0.0346. The summed E-state index contributed by atoms with van der Waals surface area (Å²) < 4.78 is 0. The van der Waals surface area contributed by atoms with Crippen LogP contribution in [0.2, 0.25) is 0 Å². The summed E-state index contributed by atoms with van der Waals surface area (Å²) in [4.78, 5) is 25.9. The molecule has 0 bridgehead atoms. The van der Waals surface area contributed by atoms with Crippen LogP contribution >= 0.6 is 11.3 Å². The highest BCUT2D eigenvalue weighted by Gasteiger charge is 2.27. The van der Waals surface area contributed by atoms with E-state index in [2.05, 4.69) is 5.32 Å².